The molecule has 1 fully saturated rings. The Morgan fingerprint density at radius 1 is 1.58 bits per heavy atom. The van der Waals surface area contributed by atoms with Crippen LogP contribution in [0, 0.1) is 0 Å². The van der Waals surface area contributed by atoms with E-state index in [1.807, 2.05) is 30.0 Å². The molecule has 1 aliphatic heterocycles. The van der Waals surface area contributed by atoms with E-state index in [9.17, 15) is 0 Å². The molecule has 1 unspecified atom stereocenters. The zero-order chi connectivity index (χ0) is 13.8. The Balaban J connectivity index is 2.16. The van der Waals surface area contributed by atoms with Crippen LogP contribution < -0.4 is 10.5 Å². The van der Waals surface area contributed by atoms with Crippen molar-refractivity contribution in [3.63, 3.8) is 0 Å². The average Bonchev–Trinajstić information content (AvgIpc) is 2.92. The molecule has 0 saturated carbocycles. The molecule has 0 aliphatic carbocycles. The van der Waals surface area contributed by atoms with E-state index in [1.165, 1.54) is 17.9 Å². The van der Waals surface area contributed by atoms with Crippen molar-refractivity contribution in [3.05, 3.63) is 29.3 Å². The first kappa shape index (κ1) is 14.6. The topological polar surface area (TPSA) is 38.5 Å². The minimum atomic E-state index is 0.433. The highest BCUT2D eigenvalue weighted by molar-refractivity contribution is 7.99. The summed E-state index contributed by atoms with van der Waals surface area (Å²) < 4.78 is 5.43. The van der Waals surface area contributed by atoms with Gasteiger partial charge in [0.1, 0.15) is 10.7 Å². The normalized spacial score (nSPS) is 18.8. The third-order valence-electron chi connectivity index (χ3n) is 3.51. The van der Waals surface area contributed by atoms with Gasteiger partial charge in [-0.3, -0.25) is 4.90 Å². The number of ether oxygens (including phenoxy) is 1. The number of rotatable bonds is 5. The Hall–Kier alpha value is -0.780. The molecule has 0 amide bonds. The van der Waals surface area contributed by atoms with Gasteiger partial charge in [-0.2, -0.15) is 11.8 Å². The summed E-state index contributed by atoms with van der Waals surface area (Å²) >= 11 is 7.07. The summed E-state index contributed by atoms with van der Waals surface area (Å²) in [6.07, 6.45) is 1.26. The third kappa shape index (κ3) is 3.61. The van der Waals surface area contributed by atoms with Gasteiger partial charge < -0.3 is 10.5 Å². The predicted molar refractivity (Wildman–Crippen MR) is 86.1 cm³/mol. The van der Waals surface area contributed by atoms with Crippen LogP contribution in [0.1, 0.15) is 17.5 Å². The molecule has 104 valence electrons. The van der Waals surface area contributed by atoms with E-state index in [0.29, 0.717) is 11.0 Å². The number of hydrogen-bond donors (Lipinski definition) is 1. The van der Waals surface area contributed by atoms with Crippen LogP contribution in [0.25, 0.3) is 0 Å². The molecule has 0 radical (unpaired) electrons. The fraction of sp³-hybridized carbons (Fsp3) is 0.500. The van der Waals surface area contributed by atoms with Crippen molar-refractivity contribution < 1.29 is 4.74 Å². The van der Waals surface area contributed by atoms with Gasteiger partial charge in [0.05, 0.1) is 7.11 Å². The molecule has 0 aromatic heterocycles. The van der Waals surface area contributed by atoms with Gasteiger partial charge in [-0.1, -0.05) is 12.2 Å². The quantitative estimate of drug-likeness (QED) is 0.844. The molecule has 1 aliphatic rings. The Kier molecular flexibility index (Phi) is 5.07. The van der Waals surface area contributed by atoms with E-state index < -0.39 is 0 Å². The van der Waals surface area contributed by atoms with Gasteiger partial charge in [0.2, 0.25) is 0 Å². The molecule has 0 bridgehead atoms. The first-order valence-electron chi connectivity index (χ1n) is 6.36. The number of hydrogen-bond acceptors (Lipinski definition) is 4. The van der Waals surface area contributed by atoms with Crippen LogP contribution in [-0.4, -0.2) is 41.6 Å². The van der Waals surface area contributed by atoms with E-state index in [1.54, 1.807) is 7.11 Å². The van der Waals surface area contributed by atoms with Gasteiger partial charge in [0.15, 0.2) is 0 Å². The van der Waals surface area contributed by atoms with E-state index in [-0.39, 0.29) is 0 Å². The van der Waals surface area contributed by atoms with E-state index in [2.05, 4.69) is 11.9 Å². The van der Waals surface area contributed by atoms with Gasteiger partial charge in [-0.25, -0.2) is 0 Å². The number of thiocarbonyl (C=S) groups is 1. The second-order valence-electron chi connectivity index (χ2n) is 4.82. The number of methoxy groups -OCH3 is 1. The molecular formula is C14H20N2OS2. The number of nitrogens with zero attached hydrogens (tertiary/aromatic N) is 1. The number of thioether (sulfide) groups is 1. The Morgan fingerprint density at radius 3 is 2.95 bits per heavy atom. The molecule has 5 heteroatoms. The minimum absolute atomic E-state index is 0.433. The second kappa shape index (κ2) is 6.59. The van der Waals surface area contributed by atoms with E-state index in [4.69, 9.17) is 22.7 Å². The van der Waals surface area contributed by atoms with Crippen molar-refractivity contribution in [2.75, 3.05) is 25.7 Å². The van der Waals surface area contributed by atoms with Gasteiger partial charge in [0.25, 0.3) is 0 Å². The van der Waals surface area contributed by atoms with Crippen LogP contribution in [0.5, 0.6) is 5.75 Å². The molecule has 1 saturated heterocycles. The largest absolute Gasteiger partial charge is 0.496 e. The van der Waals surface area contributed by atoms with Crippen LogP contribution in [-0.2, 0) is 6.54 Å². The van der Waals surface area contributed by atoms with Crippen molar-refractivity contribution >= 4 is 29.0 Å². The van der Waals surface area contributed by atoms with Gasteiger partial charge in [0, 0.05) is 29.5 Å². The van der Waals surface area contributed by atoms with Gasteiger partial charge in [-0.15, -0.1) is 0 Å². The molecule has 2 rings (SSSR count). The molecule has 0 spiro atoms. The van der Waals surface area contributed by atoms with Crippen LogP contribution in [0.2, 0.25) is 0 Å². The van der Waals surface area contributed by atoms with Crippen molar-refractivity contribution in [2.24, 2.45) is 5.73 Å². The van der Waals surface area contributed by atoms with Crippen molar-refractivity contribution in [1.29, 1.82) is 0 Å². The summed E-state index contributed by atoms with van der Waals surface area (Å²) in [4.78, 5) is 2.82. The number of benzene rings is 1. The lowest BCUT2D eigenvalue weighted by atomic mass is 10.1. The summed E-state index contributed by atoms with van der Waals surface area (Å²) in [6.45, 7) is 0.866. The molecule has 1 heterocycles. The number of nitrogens with two attached hydrogens (primary N) is 1. The molecule has 19 heavy (non-hydrogen) atoms. The Bertz CT molecular complexity index is 459. The van der Waals surface area contributed by atoms with Crippen molar-refractivity contribution in [2.45, 2.75) is 19.0 Å². The SMILES string of the molecule is COc1ccc(C(N)=S)cc1CN(C)C1CCSC1. The highest BCUT2D eigenvalue weighted by Crippen LogP contribution is 2.26. The standard InChI is InChI=1S/C14H20N2OS2/c1-16(12-5-6-19-9-12)8-11-7-10(14(15)18)3-4-13(11)17-2/h3-4,7,12H,5-6,8-9H2,1-2H3,(H2,15,18). The van der Waals surface area contributed by atoms with E-state index >= 15 is 0 Å². The second-order valence-corrected chi connectivity index (χ2v) is 6.41. The van der Waals surface area contributed by atoms with Crippen molar-refractivity contribution in [1.82, 2.24) is 4.90 Å². The summed E-state index contributed by atoms with van der Waals surface area (Å²) in [5.41, 5.74) is 7.75. The minimum Gasteiger partial charge on any atom is -0.496 e. The fourth-order valence-corrected chi connectivity index (χ4v) is 3.75. The lowest BCUT2D eigenvalue weighted by molar-refractivity contribution is 0.250. The maximum atomic E-state index is 5.70. The highest BCUT2D eigenvalue weighted by Gasteiger charge is 2.21. The van der Waals surface area contributed by atoms with Gasteiger partial charge in [-0.05, 0) is 37.4 Å². The summed E-state index contributed by atoms with van der Waals surface area (Å²) in [7, 11) is 3.87. The Morgan fingerprint density at radius 2 is 2.37 bits per heavy atom. The van der Waals surface area contributed by atoms with Crippen LogP contribution in [0.3, 0.4) is 0 Å². The highest BCUT2D eigenvalue weighted by atomic mass is 32.2. The van der Waals surface area contributed by atoms with Crippen molar-refractivity contribution in [3.8, 4) is 5.75 Å². The third-order valence-corrected chi connectivity index (χ3v) is 4.89. The predicted octanol–water partition coefficient (Wildman–Crippen LogP) is 2.27. The fourth-order valence-electron chi connectivity index (χ4n) is 2.32. The first-order chi connectivity index (χ1) is 9.11. The zero-order valence-electron chi connectivity index (χ0n) is 11.4. The van der Waals surface area contributed by atoms with Crippen LogP contribution in [0.15, 0.2) is 18.2 Å². The van der Waals surface area contributed by atoms with Crippen LogP contribution >= 0.6 is 24.0 Å². The van der Waals surface area contributed by atoms with E-state index in [0.717, 1.165) is 23.4 Å². The lowest BCUT2D eigenvalue weighted by Crippen LogP contribution is -2.31. The summed E-state index contributed by atoms with van der Waals surface area (Å²) in [5, 5.41) is 0. The summed E-state index contributed by atoms with van der Waals surface area (Å²) in [6, 6.07) is 6.56. The maximum Gasteiger partial charge on any atom is 0.123 e. The molecule has 1 aromatic carbocycles. The molecule has 1 aromatic rings. The van der Waals surface area contributed by atoms with Gasteiger partial charge >= 0.3 is 0 Å². The monoisotopic (exact) mass is 296 g/mol. The smallest absolute Gasteiger partial charge is 0.123 e. The first-order valence-corrected chi connectivity index (χ1v) is 7.93. The average molecular weight is 296 g/mol. The molecule has 1 atom stereocenters. The Labute approximate surface area is 124 Å². The molecular weight excluding hydrogens is 276 g/mol. The molecule has 3 nitrogen and oxygen atoms in total. The maximum absolute atomic E-state index is 5.70. The van der Waals surface area contributed by atoms with Crippen LogP contribution in [0.4, 0.5) is 0 Å². The molecule has 2 N–H and O–H groups in total. The zero-order valence-corrected chi connectivity index (χ0v) is 13.0. The summed E-state index contributed by atoms with van der Waals surface area (Å²) in [5.74, 6) is 3.38. The lowest BCUT2D eigenvalue weighted by Gasteiger charge is -2.24.